The van der Waals surface area contributed by atoms with Crippen molar-refractivity contribution in [2.24, 2.45) is 0 Å². The van der Waals surface area contributed by atoms with Gasteiger partial charge in [0.25, 0.3) is 0 Å². The van der Waals surface area contributed by atoms with E-state index in [0.29, 0.717) is 0 Å². The highest BCUT2D eigenvalue weighted by molar-refractivity contribution is 7.15. The third-order valence-electron chi connectivity index (χ3n) is 2.25. The van der Waals surface area contributed by atoms with Crippen LogP contribution in [0.25, 0.3) is 0 Å². The molecule has 0 saturated carbocycles. The Morgan fingerprint density at radius 3 is 1.83 bits per heavy atom. The van der Waals surface area contributed by atoms with E-state index >= 15 is 0 Å². The lowest BCUT2D eigenvalue weighted by Gasteiger charge is -2.05. The molecule has 2 aliphatic carbocycles. The zero-order valence-electron chi connectivity index (χ0n) is 6.83. The molecule has 0 amide bonds. The fourth-order valence-electron chi connectivity index (χ4n) is 1.54. The van der Waals surface area contributed by atoms with Crippen LogP contribution in [0.5, 0.6) is 0 Å². The third-order valence-corrected chi connectivity index (χ3v) is 6.09. The van der Waals surface area contributed by atoms with E-state index in [-0.39, 0.29) is 0 Å². The second kappa shape index (κ2) is 3.66. The van der Waals surface area contributed by atoms with E-state index in [9.17, 15) is 0 Å². The topological polar surface area (TPSA) is 0 Å². The van der Waals surface area contributed by atoms with Crippen molar-refractivity contribution in [2.45, 2.75) is 12.8 Å². The number of hydrogen-bond acceptors (Lipinski definition) is 0. The van der Waals surface area contributed by atoms with Gasteiger partial charge in [0.05, 0.1) is 0 Å². The van der Waals surface area contributed by atoms with Gasteiger partial charge in [-0.05, 0) is 12.8 Å². The maximum Gasteiger partial charge on any atom is 0.467 e. The SMILES string of the molecule is [Cl][Al]([C]1=CC=CC1)[C]1=CC=CC1. The predicted octanol–water partition coefficient (Wildman–Crippen LogP) is 3.07. The molecular weight excluding hydrogens is 183 g/mol. The van der Waals surface area contributed by atoms with Crippen LogP contribution in [0.4, 0.5) is 0 Å². The molecule has 0 spiro atoms. The quantitative estimate of drug-likeness (QED) is 0.590. The van der Waals surface area contributed by atoms with E-state index < -0.39 is 13.2 Å². The molecule has 0 N–H and O–H groups in total. The summed E-state index contributed by atoms with van der Waals surface area (Å²) >= 11 is -1.24. The Labute approximate surface area is 81.5 Å². The molecule has 0 aromatic rings. The summed E-state index contributed by atoms with van der Waals surface area (Å²) in [5, 5.41) is 0. The third kappa shape index (κ3) is 1.59. The molecule has 0 unspecified atom stereocenters. The van der Waals surface area contributed by atoms with E-state index in [4.69, 9.17) is 10.0 Å². The molecule has 0 atom stereocenters. The first-order chi connectivity index (χ1) is 5.88. The van der Waals surface area contributed by atoms with Crippen LogP contribution in [-0.4, -0.2) is 13.2 Å². The highest BCUT2D eigenvalue weighted by Crippen LogP contribution is 2.25. The standard InChI is InChI=1S/2C5H5.Al.ClH/c2*1-2-4-5-3-1;;/h2*1-3H,4H2;;1H/q;;+1;/p-1. The fraction of sp³-hybridized carbons (Fsp3) is 0.200. The lowest BCUT2D eigenvalue weighted by Crippen LogP contribution is -2.10. The Morgan fingerprint density at radius 1 is 1.00 bits per heavy atom. The molecule has 0 heterocycles. The van der Waals surface area contributed by atoms with Crippen molar-refractivity contribution < 1.29 is 0 Å². The average Bonchev–Trinajstić information content (AvgIpc) is 2.77. The van der Waals surface area contributed by atoms with Crippen molar-refractivity contribution in [3.05, 3.63) is 45.3 Å². The van der Waals surface area contributed by atoms with Crippen LogP contribution in [0.15, 0.2) is 45.3 Å². The Hall–Kier alpha value is -0.218. The number of halogens is 1. The van der Waals surface area contributed by atoms with Gasteiger partial charge < -0.3 is 0 Å². The largest absolute Gasteiger partial charge is 0.467 e. The molecule has 0 nitrogen and oxygen atoms in total. The molecule has 12 heavy (non-hydrogen) atoms. The van der Waals surface area contributed by atoms with Crippen LogP contribution in [0.1, 0.15) is 12.8 Å². The molecule has 60 valence electrons. The summed E-state index contributed by atoms with van der Waals surface area (Å²) in [6, 6.07) is 0. The Morgan fingerprint density at radius 2 is 1.50 bits per heavy atom. The minimum absolute atomic E-state index is 1.08. The minimum Gasteiger partial charge on any atom is -0.246 e. The van der Waals surface area contributed by atoms with E-state index in [1.165, 1.54) is 8.87 Å². The van der Waals surface area contributed by atoms with Gasteiger partial charge in [-0.1, -0.05) is 36.5 Å². The Kier molecular flexibility index (Phi) is 2.56. The fourth-order valence-corrected chi connectivity index (χ4v) is 4.24. The van der Waals surface area contributed by atoms with Gasteiger partial charge in [0, 0.05) is 0 Å². The molecule has 0 radical (unpaired) electrons. The zero-order chi connectivity index (χ0) is 8.39. The molecule has 0 aromatic heterocycles. The second-order valence-electron chi connectivity index (χ2n) is 3.11. The van der Waals surface area contributed by atoms with Crippen molar-refractivity contribution >= 4 is 23.3 Å². The van der Waals surface area contributed by atoms with Crippen LogP contribution in [0.2, 0.25) is 0 Å². The number of hydrogen-bond donors (Lipinski definition) is 0. The first kappa shape index (κ1) is 8.38. The monoisotopic (exact) mass is 192 g/mol. The molecule has 0 saturated heterocycles. The van der Waals surface area contributed by atoms with Gasteiger partial charge in [-0.15, -0.1) is 8.87 Å². The van der Waals surface area contributed by atoms with Gasteiger partial charge >= 0.3 is 13.2 Å². The lowest BCUT2D eigenvalue weighted by atomic mass is 10.5. The molecule has 0 fully saturated rings. The van der Waals surface area contributed by atoms with E-state index in [2.05, 4.69) is 36.5 Å². The van der Waals surface area contributed by atoms with E-state index in [1.807, 2.05) is 0 Å². The predicted molar refractivity (Wildman–Crippen MR) is 55.3 cm³/mol. The smallest absolute Gasteiger partial charge is 0.246 e. The number of allylic oxidation sites excluding steroid dienone is 8. The maximum absolute atomic E-state index is 6.42. The summed E-state index contributed by atoms with van der Waals surface area (Å²) in [7, 11) is 6.42. The average molecular weight is 193 g/mol. The van der Waals surface area contributed by atoms with Crippen molar-refractivity contribution in [2.75, 3.05) is 0 Å². The van der Waals surface area contributed by atoms with Crippen molar-refractivity contribution in [3.63, 3.8) is 0 Å². The zero-order valence-corrected chi connectivity index (χ0v) is 8.74. The van der Waals surface area contributed by atoms with Crippen molar-refractivity contribution in [1.82, 2.24) is 0 Å². The normalized spacial score (nSPS) is 19.8. The summed E-state index contributed by atoms with van der Waals surface area (Å²) in [4.78, 5) is 0. The second-order valence-corrected chi connectivity index (χ2v) is 6.63. The van der Waals surface area contributed by atoms with Gasteiger partial charge in [-0.25, -0.2) is 10.0 Å². The van der Waals surface area contributed by atoms with Gasteiger partial charge in [0.1, 0.15) is 0 Å². The summed E-state index contributed by atoms with van der Waals surface area (Å²) < 4.78 is 2.93. The molecule has 2 rings (SSSR count). The molecule has 0 bridgehead atoms. The van der Waals surface area contributed by atoms with Crippen LogP contribution in [0.3, 0.4) is 0 Å². The summed E-state index contributed by atoms with van der Waals surface area (Å²) in [6.45, 7) is 0. The van der Waals surface area contributed by atoms with Crippen LogP contribution < -0.4 is 0 Å². The van der Waals surface area contributed by atoms with Crippen LogP contribution in [0, 0.1) is 0 Å². The first-order valence-electron chi connectivity index (χ1n) is 4.23. The maximum atomic E-state index is 6.42. The summed E-state index contributed by atoms with van der Waals surface area (Å²) in [5.41, 5.74) is 0. The summed E-state index contributed by atoms with van der Waals surface area (Å²) in [5.74, 6) is 0. The lowest BCUT2D eigenvalue weighted by molar-refractivity contribution is 1.35. The van der Waals surface area contributed by atoms with E-state index in [1.54, 1.807) is 0 Å². The van der Waals surface area contributed by atoms with Gasteiger partial charge in [0.2, 0.25) is 0 Å². The van der Waals surface area contributed by atoms with Gasteiger partial charge in [-0.2, -0.15) is 0 Å². The van der Waals surface area contributed by atoms with Crippen LogP contribution in [-0.2, 0) is 0 Å². The van der Waals surface area contributed by atoms with Crippen LogP contribution >= 0.6 is 10.0 Å². The highest BCUT2D eigenvalue weighted by atomic mass is 35.6. The van der Waals surface area contributed by atoms with Crippen molar-refractivity contribution in [1.29, 1.82) is 0 Å². The molecule has 0 aromatic carbocycles. The summed E-state index contributed by atoms with van der Waals surface area (Å²) in [6.07, 6.45) is 15.1. The van der Waals surface area contributed by atoms with Gasteiger partial charge in [0.15, 0.2) is 0 Å². The molecular formula is C10H10AlCl. The van der Waals surface area contributed by atoms with Gasteiger partial charge in [-0.3, -0.25) is 0 Å². The van der Waals surface area contributed by atoms with Crippen molar-refractivity contribution in [3.8, 4) is 0 Å². The Bertz CT molecular complexity index is 267. The minimum atomic E-state index is -1.24. The number of rotatable bonds is 2. The Balaban J connectivity index is 2.05. The molecule has 2 heteroatoms. The first-order valence-corrected chi connectivity index (χ1v) is 7.13. The van der Waals surface area contributed by atoms with E-state index in [0.717, 1.165) is 12.8 Å². The highest BCUT2D eigenvalue weighted by Gasteiger charge is 2.25. The molecule has 2 aliphatic rings. The molecule has 0 aliphatic heterocycles.